The summed E-state index contributed by atoms with van der Waals surface area (Å²) >= 11 is 5.74. The van der Waals surface area contributed by atoms with Crippen molar-refractivity contribution in [3.63, 3.8) is 0 Å². The van der Waals surface area contributed by atoms with Gasteiger partial charge in [0, 0.05) is 22.2 Å². The van der Waals surface area contributed by atoms with Crippen LogP contribution in [0.25, 0.3) is 0 Å². The average molecular weight is 318 g/mol. The molecule has 0 unspecified atom stereocenters. The zero-order chi connectivity index (χ0) is 14.6. The summed E-state index contributed by atoms with van der Waals surface area (Å²) in [6, 6.07) is 13.5. The Kier molecular flexibility index (Phi) is 4.83. The Morgan fingerprint density at radius 2 is 1.80 bits per heavy atom. The van der Waals surface area contributed by atoms with Crippen LogP contribution in [0, 0.1) is 0 Å². The van der Waals surface area contributed by atoms with Crippen LogP contribution < -0.4 is 5.32 Å². The summed E-state index contributed by atoms with van der Waals surface area (Å²) in [5.74, 6) is 0. The van der Waals surface area contributed by atoms with Crippen molar-refractivity contribution in [1.82, 2.24) is 0 Å². The molecule has 0 amide bonds. The second-order valence-corrected chi connectivity index (χ2v) is 5.57. The Labute approximate surface area is 124 Å². The maximum atomic E-state index is 12.5. The number of rotatable bonds is 4. The number of para-hydroxylation sites is 1. The normalized spacial score (nSPS) is 11.4. The number of thioether (sulfide) groups is 1. The third kappa shape index (κ3) is 4.65. The quantitative estimate of drug-likeness (QED) is 0.740. The molecule has 0 aromatic heterocycles. The van der Waals surface area contributed by atoms with Crippen LogP contribution in [0.2, 0.25) is 5.02 Å². The molecule has 20 heavy (non-hydrogen) atoms. The monoisotopic (exact) mass is 317 g/mol. The van der Waals surface area contributed by atoms with Gasteiger partial charge in [0.05, 0.1) is 0 Å². The molecule has 0 aliphatic rings. The molecule has 0 aliphatic carbocycles. The zero-order valence-corrected chi connectivity index (χ0v) is 11.8. The fraction of sp³-hybridized carbons (Fsp3) is 0.143. The third-order valence-electron chi connectivity index (χ3n) is 2.48. The molecule has 1 N–H and O–H groups in total. The summed E-state index contributed by atoms with van der Waals surface area (Å²) in [4.78, 5) is 0.155. The van der Waals surface area contributed by atoms with Crippen LogP contribution in [0.5, 0.6) is 0 Å². The van der Waals surface area contributed by atoms with Gasteiger partial charge >= 0.3 is 5.51 Å². The molecule has 0 atom stereocenters. The van der Waals surface area contributed by atoms with Crippen LogP contribution in [0.3, 0.4) is 0 Å². The van der Waals surface area contributed by atoms with E-state index in [4.69, 9.17) is 11.6 Å². The number of benzene rings is 2. The van der Waals surface area contributed by atoms with Crippen molar-refractivity contribution in [2.75, 3.05) is 5.32 Å². The van der Waals surface area contributed by atoms with Gasteiger partial charge in [-0.3, -0.25) is 0 Å². The van der Waals surface area contributed by atoms with Crippen LogP contribution in [-0.2, 0) is 6.54 Å². The van der Waals surface area contributed by atoms with Gasteiger partial charge in [-0.2, -0.15) is 13.2 Å². The molecule has 0 bridgehead atoms. The fourth-order valence-electron chi connectivity index (χ4n) is 1.67. The SMILES string of the molecule is FC(F)(F)Sc1ccccc1NCc1cccc(Cl)c1. The van der Waals surface area contributed by atoms with E-state index < -0.39 is 5.51 Å². The molecule has 2 aromatic rings. The Hall–Kier alpha value is -1.33. The zero-order valence-electron chi connectivity index (χ0n) is 10.2. The lowest BCUT2D eigenvalue weighted by Gasteiger charge is -2.13. The van der Waals surface area contributed by atoms with Crippen LogP contribution in [0.1, 0.15) is 5.56 Å². The summed E-state index contributed by atoms with van der Waals surface area (Å²) in [5, 5.41) is 3.60. The molecule has 2 aromatic carbocycles. The predicted octanol–water partition coefficient (Wildman–Crippen LogP) is 5.56. The van der Waals surface area contributed by atoms with E-state index in [0.717, 1.165) is 5.56 Å². The van der Waals surface area contributed by atoms with E-state index >= 15 is 0 Å². The van der Waals surface area contributed by atoms with Crippen molar-refractivity contribution in [3.8, 4) is 0 Å². The van der Waals surface area contributed by atoms with E-state index in [0.29, 0.717) is 17.3 Å². The molecule has 6 heteroatoms. The lowest BCUT2D eigenvalue weighted by atomic mass is 10.2. The van der Waals surface area contributed by atoms with Gasteiger partial charge in [-0.1, -0.05) is 35.9 Å². The number of hydrogen-bond donors (Lipinski definition) is 1. The Bertz CT molecular complexity index is 587. The maximum absolute atomic E-state index is 12.5. The molecule has 106 valence electrons. The van der Waals surface area contributed by atoms with Gasteiger partial charge in [-0.05, 0) is 41.6 Å². The smallest absolute Gasteiger partial charge is 0.380 e. The molecule has 0 aliphatic heterocycles. The highest BCUT2D eigenvalue weighted by Crippen LogP contribution is 2.40. The second kappa shape index (κ2) is 6.41. The van der Waals surface area contributed by atoms with E-state index in [1.807, 2.05) is 6.07 Å². The molecule has 0 heterocycles. The first-order valence-electron chi connectivity index (χ1n) is 5.77. The Morgan fingerprint density at radius 1 is 1.05 bits per heavy atom. The third-order valence-corrected chi connectivity index (χ3v) is 3.53. The van der Waals surface area contributed by atoms with Gasteiger partial charge in [0.1, 0.15) is 0 Å². The van der Waals surface area contributed by atoms with Gasteiger partial charge < -0.3 is 5.32 Å². The topological polar surface area (TPSA) is 12.0 Å². The van der Waals surface area contributed by atoms with Crippen LogP contribution >= 0.6 is 23.4 Å². The van der Waals surface area contributed by atoms with E-state index in [-0.39, 0.29) is 16.7 Å². The minimum atomic E-state index is -4.30. The van der Waals surface area contributed by atoms with E-state index in [1.165, 1.54) is 6.07 Å². The lowest BCUT2D eigenvalue weighted by Crippen LogP contribution is -2.04. The fourth-order valence-corrected chi connectivity index (χ4v) is 2.53. The summed E-state index contributed by atoms with van der Waals surface area (Å²) in [6.07, 6.45) is 0. The highest BCUT2D eigenvalue weighted by atomic mass is 35.5. The van der Waals surface area contributed by atoms with Crippen LogP contribution in [-0.4, -0.2) is 5.51 Å². The van der Waals surface area contributed by atoms with Crippen molar-refractivity contribution < 1.29 is 13.2 Å². The molecule has 0 saturated heterocycles. The highest BCUT2D eigenvalue weighted by Gasteiger charge is 2.30. The van der Waals surface area contributed by atoms with Gasteiger partial charge in [0.25, 0.3) is 0 Å². The number of alkyl halides is 3. The highest BCUT2D eigenvalue weighted by molar-refractivity contribution is 8.00. The van der Waals surface area contributed by atoms with E-state index in [1.54, 1.807) is 36.4 Å². The van der Waals surface area contributed by atoms with Crippen molar-refractivity contribution in [2.24, 2.45) is 0 Å². The number of halogens is 4. The predicted molar refractivity (Wildman–Crippen MR) is 77.1 cm³/mol. The second-order valence-electron chi connectivity index (χ2n) is 4.03. The molecule has 0 radical (unpaired) electrons. The van der Waals surface area contributed by atoms with Crippen LogP contribution in [0.4, 0.5) is 18.9 Å². The number of anilines is 1. The summed E-state index contributed by atoms with van der Waals surface area (Å²) in [6.45, 7) is 0.413. The molecule has 0 fully saturated rings. The van der Waals surface area contributed by atoms with E-state index in [2.05, 4.69) is 5.32 Å². The van der Waals surface area contributed by atoms with Crippen molar-refractivity contribution in [3.05, 3.63) is 59.1 Å². The minimum Gasteiger partial charge on any atom is -0.380 e. The van der Waals surface area contributed by atoms with E-state index in [9.17, 15) is 13.2 Å². The summed E-state index contributed by atoms with van der Waals surface area (Å²) in [5.41, 5.74) is -2.94. The largest absolute Gasteiger partial charge is 0.446 e. The standard InChI is InChI=1S/C14H11ClF3NS/c15-11-5-3-4-10(8-11)9-19-12-6-1-2-7-13(12)20-14(16,17)18/h1-8,19H,9H2. The van der Waals surface area contributed by atoms with Crippen molar-refractivity contribution in [1.29, 1.82) is 0 Å². The van der Waals surface area contributed by atoms with Gasteiger partial charge in [-0.15, -0.1) is 0 Å². The van der Waals surface area contributed by atoms with Gasteiger partial charge in [-0.25, -0.2) is 0 Å². The molecule has 0 spiro atoms. The Balaban J connectivity index is 2.09. The number of hydrogen-bond acceptors (Lipinski definition) is 2. The van der Waals surface area contributed by atoms with Crippen molar-refractivity contribution in [2.45, 2.75) is 16.9 Å². The molecular formula is C14H11ClF3NS. The van der Waals surface area contributed by atoms with Gasteiger partial charge in [0.15, 0.2) is 0 Å². The van der Waals surface area contributed by atoms with Gasteiger partial charge in [0.2, 0.25) is 0 Å². The maximum Gasteiger partial charge on any atom is 0.446 e. The minimum absolute atomic E-state index is 0.123. The first kappa shape index (κ1) is 15.1. The number of nitrogens with one attached hydrogen (secondary N) is 1. The molecule has 2 rings (SSSR count). The molecular weight excluding hydrogens is 307 g/mol. The van der Waals surface area contributed by atoms with Crippen LogP contribution in [0.15, 0.2) is 53.4 Å². The lowest BCUT2D eigenvalue weighted by molar-refractivity contribution is -0.0327. The average Bonchev–Trinajstić information content (AvgIpc) is 2.36. The van der Waals surface area contributed by atoms with Crippen molar-refractivity contribution >= 4 is 29.1 Å². The molecule has 1 nitrogen and oxygen atoms in total. The molecule has 0 saturated carbocycles. The summed E-state index contributed by atoms with van der Waals surface area (Å²) < 4.78 is 37.4. The first-order chi connectivity index (χ1) is 9.44. The summed E-state index contributed by atoms with van der Waals surface area (Å²) in [7, 11) is 0. The first-order valence-corrected chi connectivity index (χ1v) is 6.96. The Morgan fingerprint density at radius 3 is 2.50 bits per heavy atom.